The molecule has 0 radical (unpaired) electrons. The van der Waals surface area contributed by atoms with Gasteiger partial charge in [0.15, 0.2) is 0 Å². The Labute approximate surface area is 135 Å². The van der Waals surface area contributed by atoms with Crippen LogP contribution < -0.4 is 10.9 Å². The van der Waals surface area contributed by atoms with Crippen LogP contribution in [0.25, 0.3) is 0 Å². The number of hydrogen-bond donors (Lipinski definition) is 0. The Balaban J connectivity index is 1.69. The first-order valence-corrected chi connectivity index (χ1v) is 7.75. The van der Waals surface area contributed by atoms with Crippen molar-refractivity contribution in [3.8, 4) is 0 Å². The maximum absolute atomic E-state index is 13.3. The Bertz CT molecular complexity index is 803. The Morgan fingerprint density at radius 3 is 2.83 bits per heavy atom. The lowest BCUT2D eigenvalue weighted by atomic mass is 9.55. The molecular weight excluding hydrogens is 292 g/mol. The minimum atomic E-state index is -0.224. The molecule has 2 aromatic rings. The number of ether oxygens (including phenoxy) is 1. The summed E-state index contributed by atoms with van der Waals surface area (Å²) in [5, 5.41) is 0. The van der Waals surface area contributed by atoms with Crippen molar-refractivity contribution >= 4 is 23.7 Å². The van der Waals surface area contributed by atoms with Gasteiger partial charge in [0, 0.05) is 5.56 Å². The van der Waals surface area contributed by atoms with Crippen LogP contribution in [-0.2, 0) is 16.0 Å². The Kier molecular flexibility index (Phi) is 3.27. The van der Waals surface area contributed by atoms with Gasteiger partial charge in [0.05, 0.1) is 12.1 Å². The van der Waals surface area contributed by atoms with Gasteiger partial charge in [-0.05, 0) is 48.5 Å². The number of nitrogens with zero attached hydrogens (tertiary/aromatic N) is 1. The molecule has 0 amide bonds. The number of halogens is 1. The van der Waals surface area contributed by atoms with Crippen LogP contribution in [0.15, 0.2) is 47.5 Å². The van der Waals surface area contributed by atoms with E-state index in [1.807, 2.05) is 30.3 Å². The zero-order valence-electron chi connectivity index (χ0n) is 13.2. The Morgan fingerprint density at radius 1 is 1.17 bits per heavy atom. The molecule has 0 atom stereocenters. The van der Waals surface area contributed by atoms with E-state index in [0.717, 1.165) is 22.1 Å². The molecule has 2 aromatic carbocycles. The molecule has 0 saturated carbocycles. The summed E-state index contributed by atoms with van der Waals surface area (Å²) in [5.41, 5.74) is 3.74. The summed E-state index contributed by atoms with van der Waals surface area (Å²) in [7, 11) is 0. The average Bonchev–Trinajstić information content (AvgIpc) is 3.10. The number of aliphatic imine (C=N–C) groups is 1. The van der Waals surface area contributed by atoms with E-state index in [1.165, 1.54) is 6.07 Å². The summed E-state index contributed by atoms with van der Waals surface area (Å²) < 4.78 is 24.9. The van der Waals surface area contributed by atoms with E-state index in [-0.39, 0.29) is 18.3 Å². The molecule has 0 bridgehead atoms. The van der Waals surface area contributed by atoms with Crippen LogP contribution in [0.4, 0.5) is 4.39 Å². The van der Waals surface area contributed by atoms with Crippen LogP contribution >= 0.6 is 0 Å². The summed E-state index contributed by atoms with van der Waals surface area (Å²) in [6.07, 6.45) is 0. The molecule has 0 N–H and O–H groups in total. The van der Waals surface area contributed by atoms with Crippen LogP contribution in [0, 0.1) is 5.82 Å². The maximum atomic E-state index is 13.3. The van der Waals surface area contributed by atoms with Crippen LogP contribution in [0.2, 0.25) is 0 Å². The molecule has 0 aromatic heterocycles. The van der Waals surface area contributed by atoms with Gasteiger partial charge in [-0.15, -0.1) is 0 Å². The summed E-state index contributed by atoms with van der Waals surface area (Å²) in [6, 6.07) is 12.9. The fourth-order valence-electron chi connectivity index (χ4n) is 3.06. The second-order valence-corrected chi connectivity index (χ2v) is 6.68. The topological polar surface area (TPSA) is 30.8 Å². The normalized spacial score (nSPS) is 18.6. The van der Waals surface area contributed by atoms with E-state index in [1.54, 1.807) is 6.07 Å². The molecule has 2 aliphatic heterocycles. The molecule has 4 rings (SSSR count). The average molecular weight is 309 g/mol. The van der Waals surface area contributed by atoms with Gasteiger partial charge in [0.2, 0.25) is 5.90 Å². The van der Waals surface area contributed by atoms with E-state index in [9.17, 15) is 4.39 Å². The van der Waals surface area contributed by atoms with E-state index in [0.29, 0.717) is 19.1 Å². The minimum absolute atomic E-state index is 0.166. The number of hydrogen-bond acceptors (Lipinski definition) is 3. The Morgan fingerprint density at radius 2 is 2.04 bits per heavy atom. The zero-order chi connectivity index (χ0) is 16.0. The second-order valence-electron chi connectivity index (χ2n) is 6.68. The van der Waals surface area contributed by atoms with Gasteiger partial charge < -0.3 is 9.39 Å². The van der Waals surface area contributed by atoms with E-state index in [2.05, 4.69) is 18.8 Å². The predicted octanol–water partition coefficient (Wildman–Crippen LogP) is 2.02. The third-order valence-corrected chi connectivity index (χ3v) is 4.20. The van der Waals surface area contributed by atoms with Crippen molar-refractivity contribution in [3.63, 3.8) is 0 Å². The molecule has 0 unspecified atom stereocenters. The fraction of sp³-hybridized carbons (Fsp3) is 0.278. The highest BCUT2D eigenvalue weighted by atomic mass is 19.1. The predicted molar refractivity (Wildman–Crippen MR) is 89.2 cm³/mol. The largest absolute Gasteiger partial charge is 0.475 e. The molecule has 5 heteroatoms. The van der Waals surface area contributed by atoms with Crippen LogP contribution in [-0.4, -0.2) is 25.0 Å². The first kappa shape index (κ1) is 14.5. The summed E-state index contributed by atoms with van der Waals surface area (Å²) >= 11 is 0. The fourth-order valence-corrected chi connectivity index (χ4v) is 3.06. The minimum Gasteiger partial charge on any atom is -0.475 e. The van der Waals surface area contributed by atoms with Crippen molar-refractivity contribution in [3.05, 3.63) is 59.4 Å². The van der Waals surface area contributed by atoms with Gasteiger partial charge in [0.1, 0.15) is 12.4 Å². The number of benzene rings is 2. The molecule has 23 heavy (non-hydrogen) atoms. The van der Waals surface area contributed by atoms with Gasteiger partial charge in [-0.3, -0.25) is 0 Å². The molecule has 2 aliphatic rings. The van der Waals surface area contributed by atoms with Crippen molar-refractivity contribution in [1.82, 2.24) is 0 Å². The lowest BCUT2D eigenvalue weighted by Gasteiger charge is -2.09. The van der Waals surface area contributed by atoms with Crippen LogP contribution in [0.5, 0.6) is 0 Å². The van der Waals surface area contributed by atoms with Crippen molar-refractivity contribution < 1.29 is 13.8 Å². The van der Waals surface area contributed by atoms with Crippen molar-refractivity contribution in [2.24, 2.45) is 4.99 Å². The standard InChI is InChI=1S/C18H17BFNO2/c1-18(2)11-22-17(21-18)12-4-3-5-14(8-12)19-16-7-6-15(20)9-13(16)10-23-19/h3-9H,10-11H2,1-2H3. The van der Waals surface area contributed by atoms with E-state index >= 15 is 0 Å². The van der Waals surface area contributed by atoms with Gasteiger partial charge in [-0.25, -0.2) is 9.38 Å². The molecule has 2 heterocycles. The van der Waals surface area contributed by atoms with Crippen LogP contribution in [0.3, 0.4) is 0 Å². The first-order valence-electron chi connectivity index (χ1n) is 7.75. The van der Waals surface area contributed by atoms with Crippen molar-refractivity contribution in [2.45, 2.75) is 26.0 Å². The molecule has 0 spiro atoms. The quantitative estimate of drug-likeness (QED) is 0.795. The summed E-state index contributed by atoms with van der Waals surface area (Å²) in [5.74, 6) is 0.451. The molecule has 0 aliphatic carbocycles. The van der Waals surface area contributed by atoms with Crippen molar-refractivity contribution in [1.29, 1.82) is 0 Å². The smallest absolute Gasteiger partial charge is 0.362 e. The summed E-state index contributed by atoms with van der Waals surface area (Å²) in [4.78, 5) is 4.62. The first-order chi connectivity index (χ1) is 11.0. The molecule has 0 saturated heterocycles. The zero-order valence-corrected chi connectivity index (χ0v) is 13.2. The molecule has 0 fully saturated rings. The van der Waals surface area contributed by atoms with E-state index < -0.39 is 0 Å². The highest BCUT2D eigenvalue weighted by Crippen LogP contribution is 2.20. The second kappa shape index (κ2) is 5.20. The molecular formula is C18H17BFNO2. The SMILES string of the molecule is CC1(C)COC(c2cccc(B3OCc4cc(F)ccc43)c2)=N1. The van der Waals surface area contributed by atoms with Crippen molar-refractivity contribution in [2.75, 3.05) is 6.61 Å². The highest BCUT2D eigenvalue weighted by molar-refractivity contribution is 6.81. The molecule has 116 valence electrons. The molecule has 3 nitrogen and oxygen atoms in total. The van der Waals surface area contributed by atoms with Gasteiger partial charge in [-0.1, -0.05) is 24.3 Å². The lowest BCUT2D eigenvalue weighted by molar-refractivity contribution is 0.279. The Hall–Kier alpha value is -2.14. The van der Waals surface area contributed by atoms with Gasteiger partial charge in [0.25, 0.3) is 0 Å². The van der Waals surface area contributed by atoms with Crippen LogP contribution in [0.1, 0.15) is 25.0 Å². The van der Waals surface area contributed by atoms with E-state index in [4.69, 9.17) is 9.39 Å². The number of fused-ring (bicyclic) bond motifs is 1. The van der Waals surface area contributed by atoms with Gasteiger partial charge >= 0.3 is 6.92 Å². The summed E-state index contributed by atoms with van der Waals surface area (Å²) in [6.45, 7) is 4.96. The maximum Gasteiger partial charge on any atom is 0.362 e. The number of rotatable bonds is 2. The third-order valence-electron chi connectivity index (χ3n) is 4.20. The third kappa shape index (κ3) is 2.66. The monoisotopic (exact) mass is 309 g/mol. The van der Waals surface area contributed by atoms with Gasteiger partial charge in [-0.2, -0.15) is 0 Å². The highest BCUT2D eigenvalue weighted by Gasteiger charge is 2.32. The lowest BCUT2D eigenvalue weighted by Crippen LogP contribution is -2.41.